The lowest BCUT2D eigenvalue weighted by Gasteiger charge is -2.28. The van der Waals surface area contributed by atoms with Crippen LogP contribution in [-0.4, -0.2) is 15.0 Å². The van der Waals surface area contributed by atoms with E-state index in [0.717, 1.165) is 0 Å². The molecule has 0 aromatic rings. The van der Waals surface area contributed by atoms with Crippen LogP contribution in [-0.2, 0) is 4.79 Å². The summed E-state index contributed by atoms with van der Waals surface area (Å²) in [6, 6.07) is 0. The highest BCUT2D eigenvalue weighted by Gasteiger charge is 2.54. The van der Waals surface area contributed by atoms with Gasteiger partial charge in [-0.3, -0.25) is 4.79 Å². The van der Waals surface area contributed by atoms with E-state index in [1.807, 2.05) is 0 Å². The van der Waals surface area contributed by atoms with Gasteiger partial charge in [0, 0.05) is 0 Å². The summed E-state index contributed by atoms with van der Waals surface area (Å²) in [4.78, 5) is 10.0. The number of rotatable bonds is 2. The van der Waals surface area contributed by atoms with Gasteiger partial charge in [0.05, 0.1) is 0 Å². The Hall–Kier alpha value is 0.0200. The molecule has 1 aliphatic rings. The van der Waals surface area contributed by atoms with Crippen molar-refractivity contribution in [1.82, 2.24) is 0 Å². The van der Waals surface area contributed by atoms with Crippen molar-refractivity contribution in [3.63, 3.8) is 0 Å². The Morgan fingerprint density at radius 3 is 2.42 bits per heavy atom. The third-order valence-corrected chi connectivity index (χ3v) is 3.52. The second-order valence-electron chi connectivity index (χ2n) is 2.61. The van der Waals surface area contributed by atoms with Gasteiger partial charge in [0.25, 0.3) is 0 Å². The molecule has 4 heteroatoms. The van der Waals surface area contributed by atoms with Crippen LogP contribution in [0.15, 0.2) is 24.8 Å². The molecule has 66 valence electrons. The number of alkyl halides is 3. The summed E-state index contributed by atoms with van der Waals surface area (Å²) in [5, 5.41) is 0. The molecule has 0 spiro atoms. The summed E-state index contributed by atoms with van der Waals surface area (Å²) in [5.74, 6) is -0.269. The fraction of sp³-hybridized carbons (Fsp3) is 0.375. The predicted molar refractivity (Wildman–Crippen MR) is 52.0 cm³/mol. The van der Waals surface area contributed by atoms with Crippen LogP contribution in [0.1, 0.15) is 6.42 Å². The molecule has 1 nitrogen and oxygen atoms in total. The predicted octanol–water partition coefficient (Wildman–Crippen LogP) is 2.85. The van der Waals surface area contributed by atoms with Crippen molar-refractivity contribution in [2.45, 2.75) is 15.6 Å². The quantitative estimate of drug-likeness (QED) is 0.522. The largest absolute Gasteiger partial charge is 0.293 e. The lowest BCUT2D eigenvalue weighted by Crippen LogP contribution is -2.41. The normalized spacial score (nSPS) is 32.4. The number of allylic oxidation sites excluding steroid dienone is 3. The van der Waals surface area contributed by atoms with Crippen LogP contribution in [0.5, 0.6) is 0 Å². The maximum Gasteiger partial charge on any atom is 0.180 e. The third kappa shape index (κ3) is 1.30. The summed E-state index contributed by atoms with van der Waals surface area (Å²) in [6.45, 7) is 3.49. The van der Waals surface area contributed by atoms with Crippen molar-refractivity contribution >= 4 is 40.6 Å². The fourth-order valence-electron chi connectivity index (χ4n) is 1.04. The molecular formula is C8H7Cl3O. The topological polar surface area (TPSA) is 17.1 Å². The van der Waals surface area contributed by atoms with Gasteiger partial charge in [-0.1, -0.05) is 29.3 Å². The standard InChI is InChI=1S/C8H7Cl3O/c1-2-4-7(9)6(12)3-5-8(7,10)11/h2-3,5H,1,4H2. The molecule has 1 rings (SSSR count). The van der Waals surface area contributed by atoms with Gasteiger partial charge in [-0.15, -0.1) is 18.2 Å². The van der Waals surface area contributed by atoms with Crippen molar-refractivity contribution in [2.24, 2.45) is 0 Å². The zero-order chi connectivity index (χ0) is 9.41. The van der Waals surface area contributed by atoms with Crippen molar-refractivity contribution in [3.8, 4) is 0 Å². The van der Waals surface area contributed by atoms with Crippen LogP contribution in [0.4, 0.5) is 0 Å². The van der Waals surface area contributed by atoms with E-state index < -0.39 is 9.21 Å². The van der Waals surface area contributed by atoms with E-state index in [1.165, 1.54) is 18.2 Å². The van der Waals surface area contributed by atoms with Gasteiger partial charge in [-0.2, -0.15) is 0 Å². The maximum absolute atomic E-state index is 11.3. The molecular weight excluding hydrogens is 218 g/mol. The van der Waals surface area contributed by atoms with Gasteiger partial charge in [-0.25, -0.2) is 0 Å². The molecule has 1 unspecified atom stereocenters. The number of hydrogen-bond donors (Lipinski definition) is 0. The van der Waals surface area contributed by atoms with Crippen LogP contribution in [0.3, 0.4) is 0 Å². The molecule has 0 bridgehead atoms. The first-order valence-corrected chi connectivity index (χ1v) is 4.49. The summed E-state index contributed by atoms with van der Waals surface area (Å²) in [5.41, 5.74) is 0. The Morgan fingerprint density at radius 1 is 1.50 bits per heavy atom. The van der Waals surface area contributed by atoms with E-state index in [9.17, 15) is 4.79 Å². The average molecular weight is 226 g/mol. The summed E-state index contributed by atoms with van der Waals surface area (Å²) in [6.07, 6.45) is 4.48. The zero-order valence-corrected chi connectivity index (χ0v) is 8.46. The Labute approximate surface area is 86.0 Å². The zero-order valence-electron chi connectivity index (χ0n) is 6.19. The molecule has 0 radical (unpaired) electrons. The Kier molecular flexibility index (Phi) is 2.57. The number of carbonyl (C=O) groups is 1. The summed E-state index contributed by atoms with van der Waals surface area (Å²) < 4.78 is -1.32. The highest BCUT2D eigenvalue weighted by atomic mass is 35.5. The van der Waals surface area contributed by atoms with Gasteiger partial charge < -0.3 is 0 Å². The molecule has 0 fully saturated rings. The van der Waals surface area contributed by atoms with E-state index >= 15 is 0 Å². The first-order valence-electron chi connectivity index (χ1n) is 3.35. The van der Waals surface area contributed by atoms with Crippen LogP contribution in [0, 0.1) is 0 Å². The van der Waals surface area contributed by atoms with Crippen molar-refractivity contribution in [2.75, 3.05) is 0 Å². The molecule has 0 saturated heterocycles. The van der Waals surface area contributed by atoms with Crippen molar-refractivity contribution in [1.29, 1.82) is 0 Å². The van der Waals surface area contributed by atoms with E-state index in [4.69, 9.17) is 34.8 Å². The maximum atomic E-state index is 11.3. The number of ketones is 1. The van der Waals surface area contributed by atoms with Gasteiger partial charge in [0.15, 0.2) is 10.1 Å². The molecule has 1 aliphatic carbocycles. The smallest absolute Gasteiger partial charge is 0.180 e. The number of hydrogen-bond acceptors (Lipinski definition) is 1. The highest BCUT2D eigenvalue weighted by molar-refractivity contribution is 6.60. The Morgan fingerprint density at radius 2 is 2.08 bits per heavy atom. The van der Waals surface area contributed by atoms with Gasteiger partial charge in [-0.05, 0) is 18.6 Å². The van der Waals surface area contributed by atoms with Crippen LogP contribution >= 0.6 is 34.8 Å². The van der Waals surface area contributed by atoms with E-state index in [2.05, 4.69) is 6.58 Å². The summed E-state index contributed by atoms with van der Waals surface area (Å²) in [7, 11) is 0. The van der Waals surface area contributed by atoms with Crippen molar-refractivity contribution < 1.29 is 4.79 Å². The average Bonchev–Trinajstić information content (AvgIpc) is 2.16. The monoisotopic (exact) mass is 224 g/mol. The number of carbonyl (C=O) groups excluding carboxylic acids is 1. The molecule has 0 aliphatic heterocycles. The SMILES string of the molecule is C=CCC1(Cl)C(=O)C=CC1(Cl)Cl. The molecule has 0 amide bonds. The molecule has 12 heavy (non-hydrogen) atoms. The fourth-order valence-corrected chi connectivity index (χ4v) is 1.75. The Bertz CT molecular complexity index is 257. The van der Waals surface area contributed by atoms with Crippen LogP contribution < -0.4 is 0 Å². The van der Waals surface area contributed by atoms with Crippen molar-refractivity contribution in [3.05, 3.63) is 24.8 Å². The first kappa shape index (κ1) is 10.1. The van der Waals surface area contributed by atoms with Gasteiger partial charge >= 0.3 is 0 Å². The van der Waals surface area contributed by atoms with Gasteiger partial charge in [0.1, 0.15) is 4.87 Å². The first-order chi connectivity index (χ1) is 5.44. The molecule has 0 N–H and O–H groups in total. The van der Waals surface area contributed by atoms with E-state index in [1.54, 1.807) is 0 Å². The number of halogens is 3. The highest BCUT2D eigenvalue weighted by Crippen LogP contribution is 2.47. The molecule has 0 aromatic heterocycles. The minimum Gasteiger partial charge on any atom is -0.293 e. The lowest BCUT2D eigenvalue weighted by molar-refractivity contribution is -0.116. The van der Waals surface area contributed by atoms with E-state index in [-0.39, 0.29) is 12.2 Å². The molecule has 0 aromatic carbocycles. The minimum atomic E-state index is -1.32. The van der Waals surface area contributed by atoms with Crippen LogP contribution in [0.25, 0.3) is 0 Å². The van der Waals surface area contributed by atoms with E-state index in [0.29, 0.717) is 0 Å². The summed E-state index contributed by atoms with van der Waals surface area (Å²) >= 11 is 17.6. The minimum absolute atomic E-state index is 0.257. The second kappa shape index (κ2) is 3.06. The second-order valence-corrected chi connectivity index (χ2v) is 4.65. The van der Waals surface area contributed by atoms with Gasteiger partial charge in [0.2, 0.25) is 0 Å². The lowest BCUT2D eigenvalue weighted by atomic mass is 10.0. The third-order valence-electron chi connectivity index (χ3n) is 1.79. The molecule has 0 heterocycles. The van der Waals surface area contributed by atoms with Crippen LogP contribution in [0.2, 0.25) is 0 Å². The Balaban J connectivity index is 3.02. The molecule has 0 saturated carbocycles. The molecule has 1 atom stereocenters.